The summed E-state index contributed by atoms with van der Waals surface area (Å²) < 4.78 is 26.6. The van der Waals surface area contributed by atoms with Crippen molar-refractivity contribution >= 4 is 15.9 Å². The van der Waals surface area contributed by atoms with Gasteiger partial charge in [-0.1, -0.05) is 13.8 Å². The quantitative estimate of drug-likeness (QED) is 0.834. The monoisotopic (exact) mass is 278 g/mol. The van der Waals surface area contributed by atoms with E-state index in [1.165, 1.54) is 0 Å². The van der Waals surface area contributed by atoms with Crippen LogP contribution in [-0.2, 0) is 0 Å². The van der Waals surface area contributed by atoms with Crippen LogP contribution in [0.3, 0.4) is 0 Å². The van der Waals surface area contributed by atoms with Crippen molar-refractivity contribution in [2.24, 2.45) is 5.92 Å². The molecule has 0 heterocycles. The maximum Gasteiger partial charge on any atom is 0.137 e. The molecule has 1 unspecified atom stereocenters. The molecule has 1 rings (SSSR count). The van der Waals surface area contributed by atoms with Crippen LogP contribution >= 0.6 is 15.9 Å². The maximum absolute atomic E-state index is 13.4. The number of aliphatic hydroxyl groups is 1. The van der Waals surface area contributed by atoms with Crippen LogP contribution in [0, 0.1) is 17.6 Å². The van der Waals surface area contributed by atoms with Crippen LogP contribution in [-0.4, -0.2) is 5.11 Å². The highest BCUT2D eigenvalue weighted by molar-refractivity contribution is 9.10. The number of aliphatic hydroxyl groups excluding tert-OH is 1. The van der Waals surface area contributed by atoms with Crippen LogP contribution < -0.4 is 0 Å². The van der Waals surface area contributed by atoms with Crippen LogP contribution in [0.4, 0.5) is 8.78 Å². The number of hydrogen-bond acceptors (Lipinski definition) is 1. The summed E-state index contributed by atoms with van der Waals surface area (Å²) in [6, 6.07) is 2.07. The van der Waals surface area contributed by atoms with Gasteiger partial charge in [-0.05, 0) is 40.4 Å². The van der Waals surface area contributed by atoms with Crippen molar-refractivity contribution in [2.75, 3.05) is 0 Å². The lowest BCUT2D eigenvalue weighted by molar-refractivity contribution is 0.146. The van der Waals surface area contributed by atoms with E-state index in [9.17, 15) is 13.9 Å². The van der Waals surface area contributed by atoms with E-state index in [4.69, 9.17) is 0 Å². The van der Waals surface area contributed by atoms with Crippen molar-refractivity contribution in [1.82, 2.24) is 0 Å². The molecule has 0 saturated carbocycles. The fourth-order valence-electron chi connectivity index (χ4n) is 1.37. The highest BCUT2D eigenvalue weighted by Crippen LogP contribution is 2.27. The standard InChI is InChI=1S/C11H13BrF2O/c1-6(2)3-11(15)7-4-10(14)8(12)5-9(7)13/h4-6,11,15H,3H2,1-2H3. The van der Waals surface area contributed by atoms with Gasteiger partial charge >= 0.3 is 0 Å². The largest absolute Gasteiger partial charge is 0.388 e. The molecule has 84 valence electrons. The molecule has 0 fully saturated rings. The summed E-state index contributed by atoms with van der Waals surface area (Å²) in [5.74, 6) is -0.920. The lowest BCUT2D eigenvalue weighted by Gasteiger charge is -2.14. The minimum atomic E-state index is -0.951. The van der Waals surface area contributed by atoms with Crippen molar-refractivity contribution in [3.63, 3.8) is 0 Å². The maximum atomic E-state index is 13.4. The van der Waals surface area contributed by atoms with Gasteiger partial charge in [0, 0.05) is 5.56 Å². The third-order valence-corrected chi connectivity index (χ3v) is 2.70. The minimum Gasteiger partial charge on any atom is -0.388 e. The predicted molar refractivity (Wildman–Crippen MR) is 58.5 cm³/mol. The molecule has 0 saturated heterocycles. The summed E-state index contributed by atoms with van der Waals surface area (Å²) in [7, 11) is 0. The van der Waals surface area contributed by atoms with E-state index in [2.05, 4.69) is 15.9 Å². The second-order valence-electron chi connectivity index (χ2n) is 3.93. The van der Waals surface area contributed by atoms with Gasteiger partial charge in [0.1, 0.15) is 11.6 Å². The van der Waals surface area contributed by atoms with Crippen molar-refractivity contribution in [3.05, 3.63) is 33.8 Å². The lowest BCUT2D eigenvalue weighted by atomic mass is 9.99. The molecule has 4 heteroatoms. The van der Waals surface area contributed by atoms with E-state index in [1.807, 2.05) is 13.8 Å². The first kappa shape index (κ1) is 12.6. The molecule has 0 bridgehead atoms. The molecule has 1 atom stereocenters. The Balaban J connectivity index is 2.98. The number of hydrogen-bond donors (Lipinski definition) is 1. The first-order valence-corrected chi connectivity index (χ1v) is 5.53. The molecular weight excluding hydrogens is 266 g/mol. The van der Waals surface area contributed by atoms with E-state index in [0.717, 1.165) is 12.1 Å². The van der Waals surface area contributed by atoms with Crippen LogP contribution in [0.5, 0.6) is 0 Å². The number of halogens is 3. The molecule has 1 aromatic carbocycles. The molecule has 0 aromatic heterocycles. The molecule has 0 aliphatic carbocycles. The first-order valence-electron chi connectivity index (χ1n) is 4.74. The molecule has 1 nitrogen and oxygen atoms in total. The fourth-order valence-corrected chi connectivity index (χ4v) is 1.68. The number of rotatable bonds is 3. The molecule has 0 aliphatic rings. The van der Waals surface area contributed by atoms with Gasteiger partial charge in [-0.3, -0.25) is 0 Å². The smallest absolute Gasteiger partial charge is 0.137 e. The molecule has 15 heavy (non-hydrogen) atoms. The molecule has 0 aliphatic heterocycles. The highest BCUT2D eigenvalue weighted by atomic mass is 79.9. The Labute approximate surface area is 96.2 Å². The second-order valence-corrected chi connectivity index (χ2v) is 4.79. The van der Waals surface area contributed by atoms with Crippen molar-refractivity contribution < 1.29 is 13.9 Å². The van der Waals surface area contributed by atoms with Crippen LogP contribution in [0.1, 0.15) is 31.9 Å². The van der Waals surface area contributed by atoms with Gasteiger partial charge in [0.15, 0.2) is 0 Å². The Morgan fingerprint density at radius 1 is 1.27 bits per heavy atom. The molecule has 0 spiro atoms. The van der Waals surface area contributed by atoms with E-state index in [0.29, 0.717) is 6.42 Å². The third kappa shape index (κ3) is 3.24. The summed E-state index contributed by atoms with van der Waals surface area (Å²) in [5.41, 5.74) is 0.0180. The first-order chi connectivity index (χ1) is 6.91. The Morgan fingerprint density at radius 2 is 1.87 bits per heavy atom. The highest BCUT2D eigenvalue weighted by Gasteiger charge is 2.16. The van der Waals surface area contributed by atoms with Crippen molar-refractivity contribution in [2.45, 2.75) is 26.4 Å². The molecule has 1 N–H and O–H groups in total. The Bertz CT molecular complexity index is 353. The summed E-state index contributed by atoms with van der Waals surface area (Å²) in [6.45, 7) is 3.83. The summed E-state index contributed by atoms with van der Waals surface area (Å²) >= 11 is 2.88. The van der Waals surface area contributed by atoms with E-state index in [1.54, 1.807) is 0 Å². The zero-order valence-electron chi connectivity index (χ0n) is 8.60. The van der Waals surface area contributed by atoms with Gasteiger partial charge in [-0.2, -0.15) is 0 Å². The van der Waals surface area contributed by atoms with E-state index >= 15 is 0 Å². The average Bonchev–Trinajstić information content (AvgIpc) is 2.09. The zero-order chi connectivity index (χ0) is 11.6. The molecule has 0 amide bonds. The molecular formula is C11H13BrF2O. The normalized spacial score (nSPS) is 13.3. The van der Waals surface area contributed by atoms with Gasteiger partial charge in [0.2, 0.25) is 0 Å². The zero-order valence-corrected chi connectivity index (χ0v) is 10.2. The molecule has 0 radical (unpaired) electrons. The SMILES string of the molecule is CC(C)CC(O)c1cc(F)c(Br)cc1F. The predicted octanol–water partition coefficient (Wildman–Crippen LogP) is 3.81. The Morgan fingerprint density at radius 3 is 2.40 bits per heavy atom. The van der Waals surface area contributed by atoms with Gasteiger partial charge in [0.25, 0.3) is 0 Å². The van der Waals surface area contributed by atoms with Crippen LogP contribution in [0.2, 0.25) is 0 Å². The van der Waals surface area contributed by atoms with Crippen LogP contribution in [0.15, 0.2) is 16.6 Å². The fraction of sp³-hybridized carbons (Fsp3) is 0.455. The summed E-state index contributed by atoms with van der Waals surface area (Å²) in [6.07, 6.45) is -0.537. The summed E-state index contributed by atoms with van der Waals surface area (Å²) in [5, 5.41) is 9.67. The van der Waals surface area contributed by atoms with Gasteiger partial charge < -0.3 is 5.11 Å². The van der Waals surface area contributed by atoms with Gasteiger partial charge in [0.05, 0.1) is 10.6 Å². The average molecular weight is 279 g/mol. The van der Waals surface area contributed by atoms with Crippen LogP contribution in [0.25, 0.3) is 0 Å². The van der Waals surface area contributed by atoms with E-state index in [-0.39, 0.29) is 16.0 Å². The lowest BCUT2D eigenvalue weighted by Crippen LogP contribution is -2.05. The van der Waals surface area contributed by atoms with E-state index < -0.39 is 17.7 Å². The number of benzene rings is 1. The van der Waals surface area contributed by atoms with Crippen molar-refractivity contribution in [1.29, 1.82) is 0 Å². The Kier molecular flexibility index (Phi) is 4.22. The molecule has 1 aromatic rings. The van der Waals surface area contributed by atoms with Gasteiger partial charge in [-0.15, -0.1) is 0 Å². The summed E-state index contributed by atoms with van der Waals surface area (Å²) in [4.78, 5) is 0. The topological polar surface area (TPSA) is 20.2 Å². The van der Waals surface area contributed by atoms with Crippen molar-refractivity contribution in [3.8, 4) is 0 Å². The van der Waals surface area contributed by atoms with Gasteiger partial charge in [-0.25, -0.2) is 8.78 Å². The minimum absolute atomic E-state index is 0.0180. The second kappa shape index (κ2) is 5.03. The Hall–Kier alpha value is -0.480. The third-order valence-electron chi connectivity index (χ3n) is 2.09.